The van der Waals surface area contributed by atoms with E-state index in [2.05, 4.69) is 33.0 Å². The van der Waals surface area contributed by atoms with E-state index in [1.807, 2.05) is 25.1 Å². The molecule has 1 rings (SSSR count). The van der Waals surface area contributed by atoms with Crippen molar-refractivity contribution >= 4 is 11.6 Å². The Balaban J connectivity index is 2.47. The zero-order chi connectivity index (χ0) is 14.5. The first kappa shape index (κ1) is 16.3. The van der Waals surface area contributed by atoms with Crippen LogP contribution in [0.4, 0.5) is 0 Å². The molecule has 0 fully saturated rings. The van der Waals surface area contributed by atoms with Crippen LogP contribution in [0.25, 0.3) is 0 Å². The summed E-state index contributed by atoms with van der Waals surface area (Å²) in [6.07, 6.45) is 0. The van der Waals surface area contributed by atoms with Crippen LogP contribution in [0, 0.1) is 18.3 Å². The fraction of sp³-hybridized carbons (Fsp3) is 0.625. The first-order valence-corrected chi connectivity index (χ1v) is 7.27. The van der Waals surface area contributed by atoms with Gasteiger partial charge in [-0.3, -0.25) is 0 Å². The van der Waals surface area contributed by atoms with E-state index in [1.54, 1.807) is 0 Å². The van der Waals surface area contributed by atoms with Crippen LogP contribution in [0.5, 0.6) is 5.75 Å². The van der Waals surface area contributed by atoms with Gasteiger partial charge in [0.1, 0.15) is 5.75 Å². The van der Waals surface area contributed by atoms with Gasteiger partial charge in [-0.2, -0.15) is 0 Å². The lowest BCUT2D eigenvalue weighted by Gasteiger charge is -2.26. The van der Waals surface area contributed by atoms with E-state index in [9.17, 15) is 0 Å². The summed E-state index contributed by atoms with van der Waals surface area (Å²) in [5.41, 5.74) is 1.25. The average Bonchev–Trinajstić information content (AvgIpc) is 2.30. The maximum atomic E-state index is 6.13. The summed E-state index contributed by atoms with van der Waals surface area (Å²) < 4.78 is 5.87. The molecule has 0 bridgehead atoms. The molecule has 1 N–H and O–H groups in total. The van der Waals surface area contributed by atoms with Gasteiger partial charge in [-0.15, -0.1) is 0 Å². The van der Waals surface area contributed by atoms with Gasteiger partial charge in [0.15, 0.2) is 0 Å². The van der Waals surface area contributed by atoms with Crippen molar-refractivity contribution in [1.82, 2.24) is 5.32 Å². The number of nitrogens with one attached hydrogen (secondary N) is 1. The third-order valence-electron chi connectivity index (χ3n) is 2.86. The molecular formula is C16H26ClNO. The van der Waals surface area contributed by atoms with Crippen molar-refractivity contribution in [3.8, 4) is 5.75 Å². The third kappa shape index (κ3) is 6.31. The molecule has 0 aliphatic carbocycles. The molecule has 0 saturated carbocycles. The van der Waals surface area contributed by atoms with Gasteiger partial charge in [0, 0.05) is 12.0 Å². The molecule has 0 unspecified atom stereocenters. The van der Waals surface area contributed by atoms with E-state index in [4.69, 9.17) is 16.3 Å². The number of rotatable bonds is 7. The Labute approximate surface area is 122 Å². The van der Waals surface area contributed by atoms with Crippen LogP contribution in [0.15, 0.2) is 18.2 Å². The Bertz CT molecular complexity index is 402. The number of halogens is 1. The summed E-state index contributed by atoms with van der Waals surface area (Å²) in [6, 6.07) is 5.86. The average molecular weight is 284 g/mol. The zero-order valence-electron chi connectivity index (χ0n) is 12.7. The summed E-state index contributed by atoms with van der Waals surface area (Å²) in [4.78, 5) is 0. The zero-order valence-corrected chi connectivity index (χ0v) is 13.5. The van der Waals surface area contributed by atoms with Gasteiger partial charge in [-0.1, -0.05) is 45.4 Å². The number of aryl methyl sites for hydroxylation is 1. The lowest BCUT2D eigenvalue weighted by molar-refractivity contribution is 0.175. The Morgan fingerprint density at radius 2 is 2.00 bits per heavy atom. The third-order valence-corrected chi connectivity index (χ3v) is 3.17. The standard InChI is InChI=1S/C16H26ClNO/c1-12(2)9-18-10-16(4,5)11-19-15-8-13(3)6-7-14(15)17/h6-8,12,18H,9-11H2,1-5H3. The van der Waals surface area contributed by atoms with Crippen LogP contribution in [-0.2, 0) is 0 Å². The largest absolute Gasteiger partial charge is 0.491 e. The highest BCUT2D eigenvalue weighted by Gasteiger charge is 2.19. The smallest absolute Gasteiger partial charge is 0.138 e. The lowest BCUT2D eigenvalue weighted by Crippen LogP contribution is -2.35. The van der Waals surface area contributed by atoms with Gasteiger partial charge in [0.2, 0.25) is 0 Å². The van der Waals surface area contributed by atoms with E-state index < -0.39 is 0 Å². The Hall–Kier alpha value is -0.730. The number of hydrogen-bond donors (Lipinski definition) is 1. The SMILES string of the molecule is Cc1ccc(Cl)c(OCC(C)(C)CNCC(C)C)c1. The summed E-state index contributed by atoms with van der Waals surface area (Å²) in [7, 11) is 0. The van der Waals surface area contributed by atoms with Crippen molar-refractivity contribution in [2.75, 3.05) is 19.7 Å². The maximum Gasteiger partial charge on any atom is 0.138 e. The second kappa shape index (κ2) is 7.16. The molecule has 3 heteroatoms. The van der Waals surface area contributed by atoms with E-state index in [1.165, 1.54) is 0 Å². The minimum absolute atomic E-state index is 0.0853. The molecule has 1 aromatic carbocycles. The predicted molar refractivity (Wildman–Crippen MR) is 83.2 cm³/mol. The van der Waals surface area contributed by atoms with Crippen molar-refractivity contribution in [3.63, 3.8) is 0 Å². The van der Waals surface area contributed by atoms with Crippen LogP contribution in [-0.4, -0.2) is 19.7 Å². The molecule has 0 aliphatic heterocycles. The molecule has 108 valence electrons. The van der Waals surface area contributed by atoms with Gasteiger partial charge in [0.25, 0.3) is 0 Å². The monoisotopic (exact) mass is 283 g/mol. The molecule has 0 atom stereocenters. The van der Waals surface area contributed by atoms with Crippen molar-refractivity contribution in [1.29, 1.82) is 0 Å². The first-order chi connectivity index (χ1) is 8.80. The van der Waals surface area contributed by atoms with Crippen molar-refractivity contribution < 1.29 is 4.74 Å². The highest BCUT2D eigenvalue weighted by atomic mass is 35.5. The van der Waals surface area contributed by atoms with Gasteiger partial charge in [-0.25, -0.2) is 0 Å². The minimum atomic E-state index is 0.0853. The topological polar surface area (TPSA) is 21.3 Å². The van der Waals surface area contributed by atoms with Gasteiger partial charge in [-0.05, 0) is 37.1 Å². The Kier molecular flexibility index (Phi) is 6.15. The summed E-state index contributed by atoms with van der Waals surface area (Å²) >= 11 is 6.13. The lowest BCUT2D eigenvalue weighted by atomic mass is 9.94. The van der Waals surface area contributed by atoms with Crippen LogP contribution in [0.2, 0.25) is 5.02 Å². The molecule has 0 radical (unpaired) electrons. The molecule has 0 aromatic heterocycles. The highest BCUT2D eigenvalue weighted by molar-refractivity contribution is 6.32. The molecular weight excluding hydrogens is 258 g/mol. The molecule has 19 heavy (non-hydrogen) atoms. The van der Waals surface area contributed by atoms with Crippen LogP contribution < -0.4 is 10.1 Å². The Morgan fingerprint density at radius 1 is 1.32 bits per heavy atom. The molecule has 0 spiro atoms. The summed E-state index contributed by atoms with van der Waals surface area (Å²) in [6.45, 7) is 13.5. The van der Waals surface area contributed by atoms with Crippen molar-refractivity contribution in [2.24, 2.45) is 11.3 Å². The van der Waals surface area contributed by atoms with Crippen LogP contribution in [0.1, 0.15) is 33.3 Å². The van der Waals surface area contributed by atoms with Gasteiger partial charge >= 0.3 is 0 Å². The Morgan fingerprint density at radius 3 is 2.63 bits per heavy atom. The first-order valence-electron chi connectivity index (χ1n) is 6.90. The van der Waals surface area contributed by atoms with Crippen molar-refractivity contribution in [3.05, 3.63) is 28.8 Å². The molecule has 1 aromatic rings. The molecule has 2 nitrogen and oxygen atoms in total. The summed E-state index contributed by atoms with van der Waals surface area (Å²) in [5, 5.41) is 4.15. The number of hydrogen-bond acceptors (Lipinski definition) is 2. The van der Waals surface area contributed by atoms with E-state index >= 15 is 0 Å². The summed E-state index contributed by atoms with van der Waals surface area (Å²) in [5.74, 6) is 1.45. The fourth-order valence-electron chi connectivity index (χ4n) is 1.74. The highest BCUT2D eigenvalue weighted by Crippen LogP contribution is 2.27. The maximum absolute atomic E-state index is 6.13. The van der Waals surface area contributed by atoms with Crippen molar-refractivity contribution in [2.45, 2.75) is 34.6 Å². The molecule has 0 heterocycles. The van der Waals surface area contributed by atoms with Crippen LogP contribution >= 0.6 is 11.6 Å². The van der Waals surface area contributed by atoms with Gasteiger partial charge in [0.05, 0.1) is 11.6 Å². The minimum Gasteiger partial charge on any atom is -0.491 e. The normalized spacial score (nSPS) is 11.9. The number of benzene rings is 1. The fourth-order valence-corrected chi connectivity index (χ4v) is 1.92. The predicted octanol–water partition coefficient (Wildman–Crippen LogP) is 4.30. The van der Waals surface area contributed by atoms with Crippen LogP contribution in [0.3, 0.4) is 0 Å². The quantitative estimate of drug-likeness (QED) is 0.806. The van der Waals surface area contributed by atoms with E-state index in [0.29, 0.717) is 17.5 Å². The second-order valence-corrected chi connectivity index (χ2v) is 6.82. The second-order valence-electron chi connectivity index (χ2n) is 6.41. The number of ether oxygens (including phenoxy) is 1. The van der Waals surface area contributed by atoms with E-state index in [0.717, 1.165) is 24.4 Å². The molecule has 0 aliphatic rings. The van der Waals surface area contributed by atoms with Gasteiger partial charge < -0.3 is 10.1 Å². The van der Waals surface area contributed by atoms with E-state index in [-0.39, 0.29) is 5.41 Å². The molecule has 0 saturated heterocycles. The molecule has 0 amide bonds.